The van der Waals surface area contributed by atoms with Crippen LogP contribution in [0.2, 0.25) is 0 Å². The topological polar surface area (TPSA) is 106 Å². The first-order valence-electron chi connectivity index (χ1n) is 13.0. The number of carboxylic acid groups (broad SMARTS) is 1. The molecular weight excluding hydrogens is 521 g/mol. The van der Waals surface area contributed by atoms with Crippen LogP contribution < -0.4 is 5.32 Å². The number of nitrogens with one attached hydrogen (secondary N) is 1. The molecule has 0 bridgehead atoms. The Kier molecular flexibility index (Phi) is 7.07. The first kappa shape index (κ1) is 27.3. The predicted molar refractivity (Wildman–Crippen MR) is 146 cm³/mol. The Hall–Kier alpha value is -4.28. The number of aryl methyl sites for hydroxylation is 1. The second kappa shape index (κ2) is 10.4. The van der Waals surface area contributed by atoms with Crippen molar-refractivity contribution in [2.75, 3.05) is 5.32 Å². The maximum Gasteiger partial charge on any atom is 0.416 e. The van der Waals surface area contributed by atoms with Gasteiger partial charge in [0, 0.05) is 18.3 Å². The molecule has 208 valence electrons. The zero-order valence-electron chi connectivity index (χ0n) is 22.4. The summed E-state index contributed by atoms with van der Waals surface area (Å²) in [6.45, 7) is 9.89. The summed E-state index contributed by atoms with van der Waals surface area (Å²) in [5.41, 5.74) is 3.33. The summed E-state index contributed by atoms with van der Waals surface area (Å²) in [5.74, 6) is -0.585. The van der Waals surface area contributed by atoms with Crippen molar-refractivity contribution in [2.24, 2.45) is 5.92 Å². The van der Waals surface area contributed by atoms with Crippen LogP contribution >= 0.6 is 0 Å². The number of allylic oxidation sites excluding steroid dienone is 1. The van der Waals surface area contributed by atoms with Gasteiger partial charge in [-0.2, -0.15) is 13.2 Å². The van der Waals surface area contributed by atoms with E-state index in [1.54, 1.807) is 4.57 Å². The Balaban J connectivity index is 1.72. The summed E-state index contributed by atoms with van der Waals surface area (Å²) in [6.07, 6.45) is -1.20. The first-order valence-corrected chi connectivity index (χ1v) is 13.0. The van der Waals surface area contributed by atoms with Gasteiger partial charge in [-0.1, -0.05) is 30.7 Å². The molecule has 1 fully saturated rings. The number of anilines is 1. The third-order valence-electron chi connectivity index (χ3n) is 7.31. The Labute approximate surface area is 229 Å². The molecule has 2 N–H and O–H groups in total. The molecule has 3 aromatic heterocycles. The van der Waals surface area contributed by atoms with E-state index >= 15 is 0 Å². The number of hydrogen-bond acceptors (Lipinski definition) is 6. The minimum Gasteiger partial charge on any atom is -0.475 e. The maximum absolute atomic E-state index is 13.2. The fourth-order valence-corrected chi connectivity index (χ4v) is 4.87. The Bertz CT molecular complexity index is 1610. The van der Waals surface area contributed by atoms with Gasteiger partial charge in [-0.3, -0.25) is 0 Å². The van der Waals surface area contributed by atoms with E-state index in [-0.39, 0.29) is 18.2 Å². The molecule has 4 aromatic rings. The van der Waals surface area contributed by atoms with Gasteiger partial charge in [-0.15, -0.1) is 0 Å². The van der Waals surface area contributed by atoms with Crippen molar-refractivity contribution in [3.8, 4) is 11.5 Å². The van der Waals surface area contributed by atoms with E-state index in [4.69, 9.17) is 4.98 Å². The average molecular weight is 551 g/mol. The van der Waals surface area contributed by atoms with Gasteiger partial charge in [0.2, 0.25) is 5.82 Å². The number of alkyl halides is 3. The lowest BCUT2D eigenvalue weighted by atomic mass is 9.80. The van der Waals surface area contributed by atoms with Gasteiger partial charge in [0.05, 0.1) is 5.56 Å². The highest BCUT2D eigenvalue weighted by Gasteiger charge is 2.31. The molecule has 8 nitrogen and oxygen atoms in total. The predicted octanol–water partition coefficient (Wildman–Crippen LogP) is 6.60. The number of rotatable bonds is 8. The molecule has 40 heavy (non-hydrogen) atoms. The molecule has 11 heteroatoms. The van der Waals surface area contributed by atoms with E-state index in [1.165, 1.54) is 12.1 Å². The van der Waals surface area contributed by atoms with Gasteiger partial charge in [0.25, 0.3) is 0 Å². The van der Waals surface area contributed by atoms with Gasteiger partial charge < -0.3 is 15.0 Å². The number of aromatic nitrogens is 5. The van der Waals surface area contributed by atoms with Crippen molar-refractivity contribution in [2.45, 2.75) is 58.8 Å². The van der Waals surface area contributed by atoms with Crippen LogP contribution in [-0.2, 0) is 12.7 Å². The van der Waals surface area contributed by atoms with Crippen LogP contribution in [0.1, 0.15) is 66.1 Å². The molecule has 1 aliphatic carbocycles. The van der Waals surface area contributed by atoms with E-state index in [9.17, 15) is 23.1 Å². The second-order valence-corrected chi connectivity index (χ2v) is 10.4. The molecule has 1 aromatic carbocycles. The molecule has 5 rings (SSSR count). The molecule has 0 amide bonds. The average Bonchev–Trinajstić information content (AvgIpc) is 3.20. The van der Waals surface area contributed by atoms with Crippen LogP contribution in [0.4, 0.5) is 19.0 Å². The maximum atomic E-state index is 13.2. The Morgan fingerprint density at radius 2 is 1.85 bits per heavy atom. The van der Waals surface area contributed by atoms with Gasteiger partial charge in [0.1, 0.15) is 11.2 Å². The molecule has 3 heterocycles. The van der Waals surface area contributed by atoms with Crippen molar-refractivity contribution in [1.82, 2.24) is 24.5 Å². The smallest absolute Gasteiger partial charge is 0.416 e. The SMILES string of the molecule is C=C(C)c1cc(C)nc(-c2nc3nc(C(=O)O)nc(NC(C)C4CCC4)c3n2Cc2ccc(C(F)(F)F)cc2)c1. The fourth-order valence-electron chi connectivity index (χ4n) is 4.87. The standard InChI is InChI=1S/C29H29F3N6O2/c1-15(2)20-12-16(3)33-22(13-20)27-37-25-23(38(27)14-18-8-10-21(11-9-18)29(30,31)32)24(35-26(36-25)28(39)40)34-17(4)19-6-5-7-19/h8-13,17,19H,1,5-7,14H2,2-4H3,(H,39,40)(H,34,35,36). The number of pyridine rings is 1. The monoisotopic (exact) mass is 550 g/mol. The van der Waals surface area contributed by atoms with Crippen LogP contribution in [-0.4, -0.2) is 41.6 Å². The van der Waals surface area contributed by atoms with Crippen LogP contribution in [0.3, 0.4) is 0 Å². The number of imidazole rings is 1. The molecule has 0 aliphatic heterocycles. The normalized spacial score (nSPS) is 14.7. The number of nitrogens with zero attached hydrogens (tertiary/aromatic N) is 5. The van der Waals surface area contributed by atoms with Gasteiger partial charge in [-0.25, -0.2) is 24.7 Å². The lowest BCUT2D eigenvalue weighted by Crippen LogP contribution is -2.31. The number of benzene rings is 1. The summed E-state index contributed by atoms with van der Waals surface area (Å²) in [4.78, 5) is 29.8. The minimum absolute atomic E-state index is 0.0125. The van der Waals surface area contributed by atoms with Crippen LogP contribution in [0.25, 0.3) is 28.3 Å². The molecule has 0 radical (unpaired) electrons. The minimum atomic E-state index is -4.45. The first-order chi connectivity index (χ1) is 18.9. The van der Waals surface area contributed by atoms with Gasteiger partial charge in [-0.05, 0) is 74.9 Å². The fraction of sp³-hybridized carbons (Fsp3) is 0.345. The van der Waals surface area contributed by atoms with Crippen molar-refractivity contribution in [3.63, 3.8) is 0 Å². The van der Waals surface area contributed by atoms with Crippen LogP contribution in [0, 0.1) is 12.8 Å². The van der Waals surface area contributed by atoms with E-state index < -0.39 is 23.5 Å². The zero-order chi connectivity index (χ0) is 28.8. The molecule has 1 aliphatic rings. The summed E-state index contributed by atoms with van der Waals surface area (Å²) in [5, 5.41) is 13.1. The molecule has 1 saturated carbocycles. The molecule has 1 atom stereocenters. The number of fused-ring (bicyclic) bond motifs is 1. The van der Waals surface area contributed by atoms with Crippen molar-refractivity contribution < 1.29 is 23.1 Å². The van der Waals surface area contributed by atoms with Gasteiger partial charge in [0.15, 0.2) is 17.3 Å². The van der Waals surface area contributed by atoms with Crippen molar-refractivity contribution in [3.05, 3.63) is 71.2 Å². The number of aromatic carboxylic acids is 1. The Morgan fingerprint density at radius 1 is 1.15 bits per heavy atom. The lowest BCUT2D eigenvalue weighted by molar-refractivity contribution is -0.137. The number of hydrogen-bond donors (Lipinski definition) is 2. The largest absolute Gasteiger partial charge is 0.475 e. The number of carbonyl (C=O) groups is 1. The number of halogens is 3. The van der Waals surface area contributed by atoms with E-state index in [0.717, 1.165) is 48.2 Å². The van der Waals surface area contributed by atoms with Gasteiger partial charge >= 0.3 is 12.1 Å². The summed E-state index contributed by atoms with van der Waals surface area (Å²) in [6, 6.07) is 8.64. The highest BCUT2D eigenvalue weighted by Crippen LogP contribution is 2.35. The second-order valence-electron chi connectivity index (χ2n) is 10.4. The lowest BCUT2D eigenvalue weighted by Gasteiger charge is -2.32. The summed E-state index contributed by atoms with van der Waals surface area (Å²) >= 11 is 0. The van der Waals surface area contributed by atoms with Crippen LogP contribution in [0.5, 0.6) is 0 Å². The third-order valence-corrected chi connectivity index (χ3v) is 7.31. The summed E-state index contributed by atoms with van der Waals surface area (Å²) < 4.78 is 41.4. The number of carboxylic acids is 1. The Morgan fingerprint density at radius 3 is 2.42 bits per heavy atom. The van der Waals surface area contributed by atoms with Crippen molar-refractivity contribution >= 4 is 28.5 Å². The quantitative estimate of drug-likeness (QED) is 0.255. The van der Waals surface area contributed by atoms with E-state index in [0.29, 0.717) is 34.3 Å². The zero-order valence-corrected chi connectivity index (χ0v) is 22.4. The highest BCUT2D eigenvalue weighted by molar-refractivity contribution is 5.92. The summed E-state index contributed by atoms with van der Waals surface area (Å²) in [7, 11) is 0. The third kappa shape index (κ3) is 5.41. The molecule has 0 spiro atoms. The van der Waals surface area contributed by atoms with Crippen LogP contribution in [0.15, 0.2) is 43.0 Å². The molecule has 1 unspecified atom stereocenters. The van der Waals surface area contributed by atoms with E-state index in [1.807, 2.05) is 32.9 Å². The molecular formula is C29H29F3N6O2. The molecule has 0 saturated heterocycles. The highest BCUT2D eigenvalue weighted by atomic mass is 19.4. The van der Waals surface area contributed by atoms with E-state index in [2.05, 4.69) is 26.8 Å². The van der Waals surface area contributed by atoms with Crippen molar-refractivity contribution in [1.29, 1.82) is 0 Å².